The van der Waals surface area contributed by atoms with E-state index in [1.165, 1.54) is 18.9 Å². The third-order valence-electron chi connectivity index (χ3n) is 4.12. The van der Waals surface area contributed by atoms with Gasteiger partial charge in [-0.15, -0.1) is 0 Å². The normalized spacial score (nSPS) is 16.9. The van der Waals surface area contributed by atoms with Gasteiger partial charge in [0.25, 0.3) is 5.91 Å². The molecule has 0 aliphatic carbocycles. The third kappa shape index (κ3) is 4.53. The maximum Gasteiger partial charge on any atom is 0.254 e. The summed E-state index contributed by atoms with van der Waals surface area (Å²) in [5.74, 6) is -0.729. The molecule has 1 fully saturated rings. The molecular formula is C17H25FN2O. The molecule has 1 aromatic rings. The van der Waals surface area contributed by atoms with Crippen LogP contribution < -0.4 is 5.32 Å². The zero-order valence-electron chi connectivity index (χ0n) is 13.0. The number of amides is 1. The minimum absolute atomic E-state index is 0.147. The summed E-state index contributed by atoms with van der Waals surface area (Å²) in [6.45, 7) is 7.19. The van der Waals surface area contributed by atoms with E-state index in [1.54, 1.807) is 12.1 Å². The largest absolute Gasteiger partial charge is 0.349 e. The Bertz CT molecular complexity index is 482. The number of likely N-dealkylation sites (tertiary alicyclic amines) is 1. The van der Waals surface area contributed by atoms with Gasteiger partial charge in [-0.25, -0.2) is 4.39 Å². The molecule has 0 radical (unpaired) electrons. The van der Waals surface area contributed by atoms with Crippen LogP contribution in [0.15, 0.2) is 18.2 Å². The standard InChI is InChI=1S/C17H25FN2O/c1-3-4-9-20-10-7-14(8-11-20)19-17(21)15-6-5-13(2)12-16(15)18/h5-6,12,14H,3-4,7-11H2,1-2H3,(H,19,21). The van der Waals surface area contributed by atoms with Crippen molar-refractivity contribution in [2.24, 2.45) is 0 Å². The first-order valence-corrected chi connectivity index (χ1v) is 7.89. The van der Waals surface area contributed by atoms with Gasteiger partial charge in [0, 0.05) is 19.1 Å². The van der Waals surface area contributed by atoms with Gasteiger partial charge in [-0.05, 0) is 50.4 Å². The number of hydrogen-bond donors (Lipinski definition) is 1. The maximum atomic E-state index is 13.8. The van der Waals surface area contributed by atoms with Gasteiger partial charge < -0.3 is 10.2 Å². The number of benzene rings is 1. The van der Waals surface area contributed by atoms with Crippen molar-refractivity contribution in [2.75, 3.05) is 19.6 Å². The molecule has 21 heavy (non-hydrogen) atoms. The van der Waals surface area contributed by atoms with Gasteiger partial charge >= 0.3 is 0 Å². The zero-order valence-corrected chi connectivity index (χ0v) is 13.0. The minimum atomic E-state index is -0.437. The van der Waals surface area contributed by atoms with Crippen LogP contribution in [0.25, 0.3) is 0 Å². The Morgan fingerprint density at radius 2 is 2.10 bits per heavy atom. The average molecular weight is 292 g/mol. The molecule has 2 rings (SSSR count). The number of nitrogens with zero attached hydrogens (tertiary/aromatic N) is 1. The van der Waals surface area contributed by atoms with Crippen LogP contribution in [-0.2, 0) is 0 Å². The van der Waals surface area contributed by atoms with Gasteiger partial charge in [0.15, 0.2) is 0 Å². The van der Waals surface area contributed by atoms with Crippen LogP contribution in [0.1, 0.15) is 48.5 Å². The Labute approximate surface area is 126 Å². The van der Waals surface area contributed by atoms with Crippen molar-refractivity contribution in [3.63, 3.8) is 0 Å². The van der Waals surface area contributed by atoms with Crippen LogP contribution in [0, 0.1) is 12.7 Å². The first-order chi connectivity index (χ1) is 10.1. The fraction of sp³-hybridized carbons (Fsp3) is 0.588. The zero-order chi connectivity index (χ0) is 15.2. The van der Waals surface area contributed by atoms with Crippen molar-refractivity contribution in [1.82, 2.24) is 10.2 Å². The highest BCUT2D eigenvalue weighted by molar-refractivity contribution is 5.94. The summed E-state index contributed by atoms with van der Waals surface area (Å²) in [6, 6.07) is 4.90. The number of halogens is 1. The predicted molar refractivity (Wildman–Crippen MR) is 83.0 cm³/mol. The second-order valence-corrected chi connectivity index (χ2v) is 5.93. The van der Waals surface area contributed by atoms with Crippen LogP contribution in [0.4, 0.5) is 4.39 Å². The quantitative estimate of drug-likeness (QED) is 0.904. The molecule has 1 heterocycles. The van der Waals surface area contributed by atoms with Crippen molar-refractivity contribution in [3.05, 3.63) is 35.1 Å². The SMILES string of the molecule is CCCCN1CCC(NC(=O)c2ccc(C)cc2F)CC1. The molecule has 4 heteroatoms. The molecule has 116 valence electrons. The lowest BCUT2D eigenvalue weighted by Gasteiger charge is -2.32. The Balaban J connectivity index is 1.84. The molecule has 3 nitrogen and oxygen atoms in total. The van der Waals surface area contributed by atoms with Crippen molar-refractivity contribution in [1.29, 1.82) is 0 Å². The van der Waals surface area contributed by atoms with Crippen LogP contribution >= 0.6 is 0 Å². The van der Waals surface area contributed by atoms with Crippen molar-refractivity contribution in [3.8, 4) is 0 Å². The lowest BCUT2D eigenvalue weighted by Crippen LogP contribution is -2.45. The monoisotopic (exact) mass is 292 g/mol. The molecule has 1 aliphatic rings. The topological polar surface area (TPSA) is 32.3 Å². The summed E-state index contributed by atoms with van der Waals surface area (Å²) in [6.07, 6.45) is 4.33. The predicted octanol–water partition coefficient (Wildman–Crippen LogP) is 3.13. The average Bonchev–Trinajstić information content (AvgIpc) is 2.46. The maximum absolute atomic E-state index is 13.8. The molecule has 0 bridgehead atoms. The van der Waals surface area contributed by atoms with E-state index in [9.17, 15) is 9.18 Å². The number of unbranched alkanes of at least 4 members (excludes halogenated alkanes) is 1. The van der Waals surface area contributed by atoms with Crippen LogP contribution in [-0.4, -0.2) is 36.5 Å². The molecule has 0 atom stereocenters. The molecule has 0 spiro atoms. The molecule has 1 N–H and O–H groups in total. The molecule has 0 saturated carbocycles. The molecular weight excluding hydrogens is 267 g/mol. The van der Waals surface area contributed by atoms with Crippen molar-refractivity contribution in [2.45, 2.75) is 45.6 Å². The van der Waals surface area contributed by atoms with Gasteiger partial charge in [0.1, 0.15) is 5.82 Å². The van der Waals surface area contributed by atoms with E-state index >= 15 is 0 Å². The summed E-state index contributed by atoms with van der Waals surface area (Å²) in [5.41, 5.74) is 0.974. The van der Waals surface area contributed by atoms with Gasteiger partial charge in [-0.2, -0.15) is 0 Å². The van der Waals surface area contributed by atoms with E-state index in [0.29, 0.717) is 0 Å². The highest BCUT2D eigenvalue weighted by atomic mass is 19.1. The minimum Gasteiger partial charge on any atom is -0.349 e. The van der Waals surface area contributed by atoms with E-state index < -0.39 is 5.82 Å². The number of rotatable bonds is 5. The lowest BCUT2D eigenvalue weighted by atomic mass is 10.0. The van der Waals surface area contributed by atoms with Gasteiger partial charge in [-0.3, -0.25) is 4.79 Å². The number of aryl methyl sites for hydroxylation is 1. The van der Waals surface area contributed by atoms with E-state index in [2.05, 4.69) is 17.1 Å². The second-order valence-electron chi connectivity index (χ2n) is 5.93. The van der Waals surface area contributed by atoms with Gasteiger partial charge in [0.2, 0.25) is 0 Å². The molecule has 0 unspecified atom stereocenters. The third-order valence-corrected chi connectivity index (χ3v) is 4.12. The first kappa shape index (κ1) is 16.0. The van der Waals surface area contributed by atoms with Crippen LogP contribution in [0.5, 0.6) is 0 Å². The molecule has 0 aromatic heterocycles. The summed E-state index contributed by atoms with van der Waals surface area (Å²) in [4.78, 5) is 14.6. The highest BCUT2D eigenvalue weighted by Crippen LogP contribution is 2.14. The second kappa shape index (κ2) is 7.55. The van der Waals surface area contributed by atoms with E-state index in [1.807, 2.05) is 6.92 Å². The Morgan fingerprint density at radius 1 is 1.38 bits per heavy atom. The lowest BCUT2D eigenvalue weighted by molar-refractivity contribution is 0.0906. The van der Waals surface area contributed by atoms with Gasteiger partial charge in [-0.1, -0.05) is 19.4 Å². The Morgan fingerprint density at radius 3 is 2.71 bits per heavy atom. The molecule has 1 amide bonds. The number of nitrogens with one attached hydrogen (secondary N) is 1. The fourth-order valence-corrected chi connectivity index (χ4v) is 2.75. The number of piperidine rings is 1. The molecule has 1 aliphatic heterocycles. The van der Waals surface area contributed by atoms with Crippen molar-refractivity contribution < 1.29 is 9.18 Å². The Hall–Kier alpha value is -1.42. The van der Waals surface area contributed by atoms with Crippen LogP contribution in [0.3, 0.4) is 0 Å². The summed E-state index contributed by atoms with van der Waals surface area (Å²) in [7, 11) is 0. The van der Waals surface area contributed by atoms with Crippen LogP contribution in [0.2, 0.25) is 0 Å². The molecule has 1 aromatic carbocycles. The fourth-order valence-electron chi connectivity index (χ4n) is 2.75. The summed E-state index contributed by atoms with van der Waals surface area (Å²) >= 11 is 0. The van der Waals surface area contributed by atoms with E-state index in [4.69, 9.17) is 0 Å². The number of carbonyl (C=O) groups excluding carboxylic acids is 1. The number of hydrogen-bond acceptors (Lipinski definition) is 2. The van der Waals surface area contributed by atoms with E-state index in [0.717, 1.165) is 38.0 Å². The van der Waals surface area contributed by atoms with Crippen molar-refractivity contribution >= 4 is 5.91 Å². The summed E-state index contributed by atoms with van der Waals surface area (Å²) in [5, 5.41) is 2.97. The highest BCUT2D eigenvalue weighted by Gasteiger charge is 2.21. The smallest absolute Gasteiger partial charge is 0.254 e. The van der Waals surface area contributed by atoms with Gasteiger partial charge in [0.05, 0.1) is 5.56 Å². The molecule has 1 saturated heterocycles. The number of carbonyl (C=O) groups is 1. The summed E-state index contributed by atoms with van der Waals surface area (Å²) < 4.78 is 13.8. The Kier molecular flexibility index (Phi) is 5.74. The first-order valence-electron chi connectivity index (χ1n) is 7.89. The van der Waals surface area contributed by atoms with E-state index in [-0.39, 0.29) is 17.5 Å².